The van der Waals surface area contributed by atoms with Gasteiger partial charge >= 0.3 is 0 Å². The van der Waals surface area contributed by atoms with Crippen LogP contribution in [0.2, 0.25) is 0 Å². The first-order valence-electron chi connectivity index (χ1n) is 9.98. The van der Waals surface area contributed by atoms with Gasteiger partial charge in [-0.15, -0.1) is 0 Å². The number of hydrogen-bond acceptors (Lipinski definition) is 5. The van der Waals surface area contributed by atoms with Crippen LogP contribution in [0.3, 0.4) is 0 Å². The third-order valence-electron chi connectivity index (χ3n) is 4.93. The molecule has 6 heteroatoms. The van der Waals surface area contributed by atoms with Crippen molar-refractivity contribution in [3.63, 3.8) is 0 Å². The maximum atomic E-state index is 12.5. The Morgan fingerprint density at radius 3 is 2.70 bits per heavy atom. The van der Waals surface area contributed by atoms with Gasteiger partial charge in [-0.25, -0.2) is 9.97 Å². The summed E-state index contributed by atoms with van der Waals surface area (Å²) in [5.41, 5.74) is 4.61. The van der Waals surface area contributed by atoms with Crippen LogP contribution in [-0.2, 0) is 22.6 Å². The Morgan fingerprint density at radius 2 is 1.93 bits per heavy atom. The Bertz CT molecular complexity index is 1070. The summed E-state index contributed by atoms with van der Waals surface area (Å²) in [7, 11) is 0. The predicted molar refractivity (Wildman–Crippen MR) is 121 cm³/mol. The van der Waals surface area contributed by atoms with Crippen LogP contribution in [0.15, 0.2) is 59.6 Å². The van der Waals surface area contributed by atoms with E-state index in [1.54, 1.807) is 0 Å². The molecule has 1 aromatic heterocycles. The second kappa shape index (κ2) is 8.58. The lowest BCUT2D eigenvalue weighted by atomic mass is 9.96. The summed E-state index contributed by atoms with van der Waals surface area (Å²) in [5.74, 6) is 0.902. The number of nitrogens with zero attached hydrogens (tertiary/aromatic N) is 2. The lowest BCUT2D eigenvalue weighted by Crippen LogP contribution is -2.33. The normalized spacial score (nSPS) is 14.8. The molecular formula is C24H25N3O2S. The molecule has 2 aromatic carbocycles. The number of carbonyl (C=O) groups is 1. The smallest absolute Gasteiger partial charge is 0.234 e. The van der Waals surface area contributed by atoms with Crippen LogP contribution in [0, 0.1) is 6.92 Å². The highest BCUT2D eigenvalue weighted by atomic mass is 32.2. The number of aryl methyl sites for hydroxylation is 1. The zero-order valence-corrected chi connectivity index (χ0v) is 18.3. The van der Waals surface area contributed by atoms with Crippen molar-refractivity contribution in [1.29, 1.82) is 0 Å². The minimum Gasteiger partial charge on any atom is -0.370 e. The fraction of sp³-hybridized carbons (Fsp3) is 0.292. The number of carbonyl (C=O) groups excluding carboxylic acids is 1. The topological polar surface area (TPSA) is 64.1 Å². The molecule has 1 aliphatic rings. The van der Waals surface area contributed by atoms with E-state index in [2.05, 4.69) is 19.2 Å². The predicted octanol–water partition coefficient (Wildman–Crippen LogP) is 5.03. The molecular weight excluding hydrogens is 394 g/mol. The van der Waals surface area contributed by atoms with Crippen LogP contribution >= 0.6 is 11.8 Å². The van der Waals surface area contributed by atoms with Crippen LogP contribution in [0.1, 0.15) is 30.7 Å². The van der Waals surface area contributed by atoms with Crippen molar-refractivity contribution < 1.29 is 9.53 Å². The molecule has 0 fully saturated rings. The molecule has 3 aromatic rings. The van der Waals surface area contributed by atoms with Gasteiger partial charge in [0.1, 0.15) is 5.03 Å². The van der Waals surface area contributed by atoms with E-state index in [4.69, 9.17) is 14.7 Å². The molecule has 0 aliphatic carbocycles. The Hall–Kier alpha value is -2.70. The number of benzene rings is 2. The zero-order valence-electron chi connectivity index (χ0n) is 17.4. The molecule has 154 valence electrons. The molecule has 0 spiro atoms. The van der Waals surface area contributed by atoms with Crippen LogP contribution in [0.25, 0.3) is 11.4 Å². The molecule has 2 heterocycles. The third-order valence-corrected chi connectivity index (χ3v) is 5.95. The van der Waals surface area contributed by atoms with Crippen molar-refractivity contribution in [2.75, 3.05) is 11.1 Å². The lowest BCUT2D eigenvalue weighted by molar-refractivity contribution is -0.113. The van der Waals surface area contributed by atoms with E-state index in [-0.39, 0.29) is 17.3 Å². The number of amides is 1. The van der Waals surface area contributed by atoms with E-state index >= 15 is 0 Å². The molecule has 30 heavy (non-hydrogen) atoms. The lowest BCUT2D eigenvalue weighted by Gasteiger charge is -2.32. The minimum absolute atomic E-state index is 0.0590. The molecule has 0 atom stereocenters. The molecule has 0 saturated heterocycles. The average Bonchev–Trinajstić information content (AvgIpc) is 2.71. The maximum absolute atomic E-state index is 12.5. The number of aromatic nitrogens is 2. The molecule has 0 radical (unpaired) electrons. The number of rotatable bonds is 5. The molecule has 4 rings (SSSR count). The number of thioether (sulfide) groups is 1. The van der Waals surface area contributed by atoms with Crippen molar-refractivity contribution in [2.45, 2.75) is 44.4 Å². The summed E-state index contributed by atoms with van der Waals surface area (Å²) < 4.78 is 6.00. The van der Waals surface area contributed by atoms with Crippen molar-refractivity contribution >= 4 is 23.4 Å². The van der Waals surface area contributed by atoms with E-state index in [1.165, 1.54) is 11.8 Å². The largest absolute Gasteiger partial charge is 0.370 e. The first-order chi connectivity index (χ1) is 14.4. The number of fused-ring (bicyclic) bond motifs is 1. The molecule has 0 unspecified atom stereocenters. The summed E-state index contributed by atoms with van der Waals surface area (Å²) in [4.78, 5) is 22.1. The fourth-order valence-corrected chi connectivity index (χ4v) is 4.25. The highest BCUT2D eigenvalue weighted by Crippen LogP contribution is 2.34. The Balaban J connectivity index is 1.58. The highest BCUT2D eigenvalue weighted by Gasteiger charge is 2.30. The molecule has 1 N–H and O–H groups in total. The van der Waals surface area contributed by atoms with Crippen LogP contribution < -0.4 is 5.32 Å². The zero-order chi connectivity index (χ0) is 21.1. The summed E-state index contributed by atoms with van der Waals surface area (Å²) in [6, 6.07) is 17.7. The van der Waals surface area contributed by atoms with E-state index in [0.29, 0.717) is 18.9 Å². The van der Waals surface area contributed by atoms with E-state index in [1.807, 2.05) is 61.5 Å². The fourth-order valence-electron chi connectivity index (χ4n) is 3.41. The summed E-state index contributed by atoms with van der Waals surface area (Å²) in [6.07, 6.45) is 0.716. The standard InChI is InChI=1S/C24H25N3O2S/c1-16-8-7-11-18(12-16)25-21(28)15-30-23-19-14-29-24(2,3)13-20(19)26-22(27-23)17-9-5-4-6-10-17/h4-12H,13-15H2,1-3H3,(H,25,28). The van der Waals surface area contributed by atoms with Gasteiger partial charge < -0.3 is 10.1 Å². The van der Waals surface area contributed by atoms with Gasteiger partial charge in [0.25, 0.3) is 0 Å². The molecule has 0 saturated carbocycles. The average molecular weight is 420 g/mol. The number of ether oxygens (including phenoxy) is 1. The van der Waals surface area contributed by atoms with E-state index < -0.39 is 0 Å². The summed E-state index contributed by atoms with van der Waals surface area (Å²) in [5, 5.41) is 3.77. The van der Waals surface area contributed by atoms with Gasteiger partial charge in [-0.05, 0) is 38.5 Å². The molecule has 0 bridgehead atoms. The van der Waals surface area contributed by atoms with E-state index in [9.17, 15) is 4.79 Å². The van der Waals surface area contributed by atoms with Gasteiger partial charge in [-0.1, -0.05) is 54.2 Å². The molecule has 1 amide bonds. The van der Waals surface area contributed by atoms with Gasteiger partial charge in [-0.2, -0.15) is 0 Å². The second-order valence-corrected chi connectivity index (χ2v) is 9.04. The summed E-state index contributed by atoms with van der Waals surface area (Å²) in [6.45, 7) is 6.61. The molecule has 5 nitrogen and oxygen atoms in total. The van der Waals surface area contributed by atoms with Crippen LogP contribution in [-0.4, -0.2) is 27.2 Å². The van der Waals surface area contributed by atoms with Crippen molar-refractivity contribution in [1.82, 2.24) is 9.97 Å². The Morgan fingerprint density at radius 1 is 1.13 bits per heavy atom. The molecule has 1 aliphatic heterocycles. The third kappa shape index (κ3) is 4.89. The highest BCUT2D eigenvalue weighted by molar-refractivity contribution is 8.00. The monoisotopic (exact) mass is 419 g/mol. The Kier molecular flexibility index (Phi) is 5.88. The van der Waals surface area contributed by atoms with E-state index in [0.717, 1.165) is 33.1 Å². The maximum Gasteiger partial charge on any atom is 0.234 e. The first-order valence-corrected chi connectivity index (χ1v) is 11.0. The van der Waals surface area contributed by atoms with Crippen molar-refractivity contribution in [3.8, 4) is 11.4 Å². The SMILES string of the molecule is Cc1cccc(NC(=O)CSc2nc(-c3ccccc3)nc3c2COC(C)(C)C3)c1. The summed E-state index contributed by atoms with van der Waals surface area (Å²) >= 11 is 1.43. The van der Waals surface area contributed by atoms with Gasteiger partial charge in [0.2, 0.25) is 5.91 Å². The van der Waals surface area contributed by atoms with Crippen LogP contribution in [0.4, 0.5) is 5.69 Å². The first kappa shape index (κ1) is 20.6. The van der Waals surface area contributed by atoms with Gasteiger partial charge in [0.05, 0.1) is 23.7 Å². The van der Waals surface area contributed by atoms with Crippen LogP contribution in [0.5, 0.6) is 0 Å². The Labute approximate surface area is 181 Å². The van der Waals surface area contributed by atoms with Crippen molar-refractivity contribution in [2.24, 2.45) is 0 Å². The minimum atomic E-state index is -0.264. The van der Waals surface area contributed by atoms with Gasteiger partial charge in [0.15, 0.2) is 5.82 Å². The second-order valence-electron chi connectivity index (χ2n) is 8.08. The number of hydrogen-bond donors (Lipinski definition) is 1. The quantitative estimate of drug-likeness (QED) is 0.464. The number of anilines is 1. The van der Waals surface area contributed by atoms with Crippen molar-refractivity contribution in [3.05, 3.63) is 71.4 Å². The number of nitrogens with one attached hydrogen (secondary N) is 1. The van der Waals surface area contributed by atoms with Gasteiger partial charge in [-0.3, -0.25) is 4.79 Å². The van der Waals surface area contributed by atoms with Gasteiger partial charge in [0, 0.05) is 23.2 Å².